The molecular formula is C19H32ClNO2. The number of aliphatic hydroxyl groups excluding tert-OH is 2. The zero-order valence-corrected chi connectivity index (χ0v) is 15.1. The van der Waals surface area contributed by atoms with Gasteiger partial charge in [0.05, 0.1) is 12.1 Å². The highest BCUT2D eigenvalue weighted by molar-refractivity contribution is 6.20. The summed E-state index contributed by atoms with van der Waals surface area (Å²) in [6, 6.07) is 8.35. The number of aryl methyl sites for hydroxylation is 2. The van der Waals surface area contributed by atoms with Crippen LogP contribution in [0.1, 0.15) is 63.0 Å². The summed E-state index contributed by atoms with van der Waals surface area (Å²) in [5, 5.41) is 18.9. The van der Waals surface area contributed by atoms with Gasteiger partial charge in [-0.25, -0.2) is 0 Å². The van der Waals surface area contributed by atoms with Crippen LogP contribution in [0.15, 0.2) is 24.3 Å². The highest BCUT2D eigenvalue weighted by Crippen LogP contribution is 2.21. The van der Waals surface area contributed by atoms with Crippen LogP contribution in [-0.4, -0.2) is 27.9 Å². The molecule has 0 saturated heterocycles. The topological polar surface area (TPSA) is 66.5 Å². The molecule has 0 heterocycles. The number of hydrogen-bond acceptors (Lipinski definition) is 3. The van der Waals surface area contributed by atoms with Crippen LogP contribution >= 0.6 is 11.6 Å². The van der Waals surface area contributed by atoms with E-state index in [2.05, 4.69) is 25.1 Å². The predicted molar refractivity (Wildman–Crippen MR) is 97.7 cm³/mol. The Morgan fingerprint density at radius 1 is 1.04 bits per heavy atom. The lowest BCUT2D eigenvalue weighted by molar-refractivity contribution is 0.0887. The summed E-state index contributed by atoms with van der Waals surface area (Å²) in [7, 11) is 0. The highest BCUT2D eigenvalue weighted by Gasteiger charge is 2.31. The molecule has 0 amide bonds. The van der Waals surface area contributed by atoms with Gasteiger partial charge in [0.1, 0.15) is 5.56 Å². The molecule has 1 aromatic rings. The van der Waals surface area contributed by atoms with Gasteiger partial charge >= 0.3 is 0 Å². The van der Waals surface area contributed by atoms with Crippen LogP contribution in [0, 0.1) is 0 Å². The molecule has 4 heteroatoms. The quantitative estimate of drug-likeness (QED) is 0.400. The van der Waals surface area contributed by atoms with Gasteiger partial charge in [-0.15, -0.1) is 0 Å². The second kappa shape index (κ2) is 11.0. The standard InChI is InChI=1S/C19H32ClNO2/c1-2-3-4-5-6-7-10-16-11-8-9-12-17(16)13-14-19(21,15-22)18(20)23/h8-9,11-12,18,22-23H,2-7,10,13-15,21H2,1H3. The Kier molecular flexibility index (Phi) is 9.80. The lowest BCUT2D eigenvalue weighted by Crippen LogP contribution is -2.52. The van der Waals surface area contributed by atoms with E-state index in [9.17, 15) is 10.2 Å². The van der Waals surface area contributed by atoms with E-state index in [1.54, 1.807) is 0 Å². The van der Waals surface area contributed by atoms with Gasteiger partial charge in [0, 0.05) is 0 Å². The Morgan fingerprint density at radius 3 is 2.17 bits per heavy atom. The molecule has 0 radical (unpaired) electrons. The molecule has 0 spiro atoms. The Hall–Kier alpha value is -0.610. The maximum atomic E-state index is 9.54. The fraction of sp³-hybridized carbons (Fsp3) is 0.684. The summed E-state index contributed by atoms with van der Waals surface area (Å²) in [5.74, 6) is 0. The van der Waals surface area contributed by atoms with E-state index in [-0.39, 0.29) is 6.61 Å². The van der Waals surface area contributed by atoms with Gasteiger partial charge in [-0.1, -0.05) is 74.9 Å². The summed E-state index contributed by atoms with van der Waals surface area (Å²) in [5.41, 5.74) is 6.17. The minimum Gasteiger partial charge on any atom is -0.394 e. The summed E-state index contributed by atoms with van der Waals surface area (Å²) in [6.45, 7) is 1.91. The van der Waals surface area contributed by atoms with Crippen LogP contribution in [0.2, 0.25) is 0 Å². The zero-order valence-electron chi connectivity index (χ0n) is 14.3. The molecule has 23 heavy (non-hydrogen) atoms. The largest absolute Gasteiger partial charge is 0.394 e. The zero-order chi connectivity index (χ0) is 17.1. The average molecular weight is 342 g/mol. The van der Waals surface area contributed by atoms with Crippen LogP contribution in [0.25, 0.3) is 0 Å². The van der Waals surface area contributed by atoms with Gasteiger partial charge in [0.2, 0.25) is 0 Å². The van der Waals surface area contributed by atoms with Gasteiger partial charge in [-0.05, 0) is 36.8 Å². The molecule has 2 atom stereocenters. The smallest absolute Gasteiger partial charge is 0.148 e. The van der Waals surface area contributed by atoms with E-state index >= 15 is 0 Å². The summed E-state index contributed by atoms with van der Waals surface area (Å²) in [4.78, 5) is 0. The molecule has 0 aliphatic carbocycles. The molecule has 0 aliphatic heterocycles. The van der Waals surface area contributed by atoms with Crippen molar-refractivity contribution >= 4 is 11.6 Å². The van der Waals surface area contributed by atoms with E-state index in [1.807, 2.05) is 6.07 Å². The first-order valence-electron chi connectivity index (χ1n) is 8.82. The lowest BCUT2D eigenvalue weighted by Gasteiger charge is -2.29. The van der Waals surface area contributed by atoms with Gasteiger partial charge in [-0.2, -0.15) is 0 Å². The monoisotopic (exact) mass is 341 g/mol. The molecule has 0 saturated carbocycles. The molecular weight excluding hydrogens is 310 g/mol. The first kappa shape index (κ1) is 20.4. The number of nitrogens with two attached hydrogens (primary N) is 1. The number of rotatable bonds is 12. The van der Waals surface area contributed by atoms with Gasteiger partial charge in [-0.3, -0.25) is 0 Å². The highest BCUT2D eigenvalue weighted by atomic mass is 35.5. The maximum absolute atomic E-state index is 9.54. The predicted octanol–water partition coefficient (Wildman–Crippen LogP) is 3.77. The first-order chi connectivity index (χ1) is 11.0. The maximum Gasteiger partial charge on any atom is 0.148 e. The molecule has 0 fully saturated rings. The van der Waals surface area contributed by atoms with Crippen LogP contribution in [0.4, 0.5) is 0 Å². The molecule has 4 N–H and O–H groups in total. The third-order valence-corrected chi connectivity index (χ3v) is 4.98. The van der Waals surface area contributed by atoms with Crippen molar-refractivity contribution in [2.24, 2.45) is 5.73 Å². The Bertz CT molecular complexity index is 439. The van der Waals surface area contributed by atoms with Gasteiger partial charge < -0.3 is 15.9 Å². The van der Waals surface area contributed by atoms with Crippen molar-refractivity contribution < 1.29 is 10.2 Å². The second-order valence-corrected chi connectivity index (χ2v) is 6.93. The molecule has 3 nitrogen and oxygen atoms in total. The molecule has 0 aliphatic rings. The van der Waals surface area contributed by atoms with E-state index < -0.39 is 11.1 Å². The van der Waals surface area contributed by atoms with Crippen molar-refractivity contribution in [1.82, 2.24) is 0 Å². The van der Waals surface area contributed by atoms with Crippen molar-refractivity contribution in [3.05, 3.63) is 35.4 Å². The molecule has 2 unspecified atom stereocenters. The normalized spacial score (nSPS) is 15.3. The van der Waals surface area contributed by atoms with Crippen LogP contribution in [0.3, 0.4) is 0 Å². The number of alkyl halides is 1. The molecule has 1 aromatic carbocycles. The SMILES string of the molecule is CCCCCCCCc1ccccc1CCC(N)(CO)C(O)Cl. The number of benzene rings is 1. The number of hydrogen-bond donors (Lipinski definition) is 3. The van der Waals surface area contributed by atoms with Crippen LogP contribution < -0.4 is 5.73 Å². The second-order valence-electron chi connectivity index (χ2n) is 6.51. The van der Waals surface area contributed by atoms with Crippen LogP contribution in [-0.2, 0) is 12.8 Å². The molecule has 0 bridgehead atoms. The van der Waals surface area contributed by atoms with Crippen molar-refractivity contribution in [3.8, 4) is 0 Å². The van der Waals surface area contributed by atoms with Crippen molar-refractivity contribution in [2.75, 3.05) is 6.61 Å². The number of aliphatic hydroxyl groups is 2. The van der Waals surface area contributed by atoms with Crippen molar-refractivity contribution in [3.63, 3.8) is 0 Å². The van der Waals surface area contributed by atoms with E-state index in [4.69, 9.17) is 17.3 Å². The Balaban J connectivity index is 2.50. The van der Waals surface area contributed by atoms with E-state index in [1.165, 1.54) is 49.7 Å². The fourth-order valence-corrected chi connectivity index (χ4v) is 2.96. The minimum atomic E-state index is -1.24. The first-order valence-corrected chi connectivity index (χ1v) is 9.26. The van der Waals surface area contributed by atoms with Crippen molar-refractivity contribution in [2.45, 2.75) is 75.8 Å². The number of unbranched alkanes of at least 4 members (excludes halogenated alkanes) is 5. The Morgan fingerprint density at radius 2 is 1.61 bits per heavy atom. The lowest BCUT2D eigenvalue weighted by atomic mass is 9.90. The van der Waals surface area contributed by atoms with Crippen molar-refractivity contribution in [1.29, 1.82) is 0 Å². The third-order valence-electron chi connectivity index (χ3n) is 4.55. The minimum absolute atomic E-state index is 0.322. The number of halogens is 1. The van der Waals surface area contributed by atoms with E-state index in [0.29, 0.717) is 12.8 Å². The molecule has 0 aromatic heterocycles. The summed E-state index contributed by atoms with van der Waals surface area (Å²) >= 11 is 5.71. The summed E-state index contributed by atoms with van der Waals surface area (Å²) < 4.78 is 0. The van der Waals surface area contributed by atoms with Gasteiger partial charge in [0.15, 0.2) is 0 Å². The van der Waals surface area contributed by atoms with E-state index in [0.717, 1.165) is 6.42 Å². The molecule has 1 rings (SSSR count). The summed E-state index contributed by atoms with van der Waals surface area (Å²) in [6.07, 6.45) is 9.97. The van der Waals surface area contributed by atoms with Gasteiger partial charge in [0.25, 0.3) is 0 Å². The molecule has 132 valence electrons. The Labute approximate surface area is 145 Å². The van der Waals surface area contributed by atoms with Crippen LogP contribution in [0.5, 0.6) is 0 Å². The average Bonchev–Trinajstić information content (AvgIpc) is 2.56. The third kappa shape index (κ3) is 7.21. The fourth-order valence-electron chi connectivity index (χ4n) is 2.78.